The van der Waals surface area contributed by atoms with Gasteiger partial charge in [-0.2, -0.15) is 13.9 Å². The molecule has 0 saturated heterocycles. The molecule has 0 aliphatic rings. The van der Waals surface area contributed by atoms with Crippen LogP contribution in [-0.4, -0.2) is 30.0 Å². The van der Waals surface area contributed by atoms with Crippen molar-refractivity contribution in [3.63, 3.8) is 0 Å². The van der Waals surface area contributed by atoms with Gasteiger partial charge in [-0.3, -0.25) is 9.13 Å². The highest BCUT2D eigenvalue weighted by atomic mass is 19.3. The van der Waals surface area contributed by atoms with Crippen molar-refractivity contribution < 1.29 is 13.9 Å². The molecule has 2 N–H and O–H groups in total. The number of fused-ring (bicyclic) bond motifs is 2. The molecule has 0 fully saturated rings. The summed E-state index contributed by atoms with van der Waals surface area (Å²) in [6.45, 7) is 7.55. The van der Waals surface area contributed by atoms with Crippen molar-refractivity contribution in [3.8, 4) is 0 Å². The molecule has 2 heterocycles. The fraction of sp³-hybridized carbons (Fsp3) is 0.400. The van der Waals surface area contributed by atoms with Crippen LogP contribution >= 0.6 is 0 Å². The Balaban J connectivity index is 1.82. The summed E-state index contributed by atoms with van der Waals surface area (Å²) in [5.74, 6) is -2.93. The summed E-state index contributed by atoms with van der Waals surface area (Å²) in [5.41, 5.74) is 0.756. The van der Waals surface area contributed by atoms with E-state index in [-0.39, 0.29) is 17.3 Å². The molecule has 2 aromatic heterocycles. The van der Waals surface area contributed by atoms with Gasteiger partial charge in [-0.05, 0) is 57.9 Å². The van der Waals surface area contributed by atoms with E-state index in [1.165, 1.54) is 6.07 Å². The SMILES string of the molecule is Cc1c([C@@H](C)Nc2nnc(C)c3cc4c(cc23)n(C)c(=O)n4C)cccc1C(F)(F)C(C)(C)O. The summed E-state index contributed by atoms with van der Waals surface area (Å²) in [4.78, 5) is 12.4. The second-order valence-corrected chi connectivity index (χ2v) is 9.44. The first-order valence-corrected chi connectivity index (χ1v) is 11.0. The Labute approximate surface area is 196 Å². The Morgan fingerprint density at radius 3 is 2.21 bits per heavy atom. The van der Waals surface area contributed by atoms with Crippen molar-refractivity contribution in [2.45, 2.75) is 52.2 Å². The number of alkyl halides is 2. The molecule has 0 radical (unpaired) electrons. The summed E-state index contributed by atoms with van der Waals surface area (Å²) in [5, 5.41) is 23.6. The van der Waals surface area contributed by atoms with Crippen LogP contribution in [0.1, 0.15) is 49.2 Å². The van der Waals surface area contributed by atoms with Gasteiger partial charge in [0.25, 0.3) is 0 Å². The molecule has 1 atom stereocenters. The largest absolute Gasteiger partial charge is 0.384 e. The number of aliphatic hydroxyl groups is 1. The molecule has 2 aromatic carbocycles. The fourth-order valence-corrected chi connectivity index (χ4v) is 4.45. The van der Waals surface area contributed by atoms with Crippen molar-refractivity contribution in [1.29, 1.82) is 0 Å². The van der Waals surface area contributed by atoms with Crippen molar-refractivity contribution in [2.75, 3.05) is 5.32 Å². The quantitative estimate of drug-likeness (QED) is 0.450. The van der Waals surface area contributed by atoms with Gasteiger partial charge in [0.1, 0.15) is 5.60 Å². The Bertz CT molecular complexity index is 1480. The van der Waals surface area contributed by atoms with Crippen LogP contribution in [0.25, 0.3) is 21.8 Å². The van der Waals surface area contributed by atoms with Crippen LogP contribution < -0.4 is 11.0 Å². The summed E-state index contributed by atoms with van der Waals surface area (Å²) in [6, 6.07) is 8.12. The maximum absolute atomic E-state index is 14.9. The molecule has 34 heavy (non-hydrogen) atoms. The number of imidazole rings is 1. The number of benzene rings is 2. The Kier molecular flexibility index (Phi) is 5.51. The smallest absolute Gasteiger partial charge is 0.328 e. The summed E-state index contributed by atoms with van der Waals surface area (Å²) in [7, 11) is 3.44. The van der Waals surface area contributed by atoms with E-state index in [0.29, 0.717) is 16.9 Å². The maximum Gasteiger partial charge on any atom is 0.328 e. The van der Waals surface area contributed by atoms with Crippen LogP contribution in [0, 0.1) is 13.8 Å². The van der Waals surface area contributed by atoms with Crippen LogP contribution in [0.4, 0.5) is 14.6 Å². The second-order valence-electron chi connectivity index (χ2n) is 9.44. The molecule has 180 valence electrons. The van der Waals surface area contributed by atoms with Crippen molar-refractivity contribution >= 4 is 27.6 Å². The zero-order chi connectivity index (χ0) is 25.2. The van der Waals surface area contributed by atoms with Gasteiger partial charge in [0.2, 0.25) is 0 Å². The van der Waals surface area contributed by atoms with Crippen molar-refractivity contribution in [2.24, 2.45) is 14.1 Å². The normalized spacial score (nSPS) is 13.6. The topological polar surface area (TPSA) is 85.0 Å². The van der Waals surface area contributed by atoms with Crippen LogP contribution in [0.15, 0.2) is 35.1 Å². The first-order chi connectivity index (χ1) is 15.8. The minimum Gasteiger partial charge on any atom is -0.384 e. The average Bonchev–Trinajstić information content (AvgIpc) is 2.97. The van der Waals surface area contributed by atoms with E-state index in [9.17, 15) is 18.7 Å². The lowest BCUT2D eigenvalue weighted by molar-refractivity contribution is -0.168. The van der Waals surface area contributed by atoms with Crippen LogP contribution in [0.3, 0.4) is 0 Å². The predicted octanol–water partition coefficient (Wildman–Crippen LogP) is 4.47. The van der Waals surface area contributed by atoms with E-state index < -0.39 is 11.5 Å². The number of anilines is 1. The lowest BCUT2D eigenvalue weighted by Gasteiger charge is -2.31. The monoisotopic (exact) mass is 469 g/mol. The van der Waals surface area contributed by atoms with Crippen LogP contribution in [0.5, 0.6) is 0 Å². The van der Waals surface area contributed by atoms with Gasteiger partial charge in [-0.25, -0.2) is 4.79 Å². The van der Waals surface area contributed by atoms with Crippen molar-refractivity contribution in [3.05, 3.63) is 63.2 Å². The number of nitrogens with one attached hydrogen (secondary N) is 1. The molecule has 0 saturated carbocycles. The lowest BCUT2D eigenvalue weighted by Crippen LogP contribution is -2.40. The maximum atomic E-state index is 14.9. The number of hydrogen-bond donors (Lipinski definition) is 2. The zero-order valence-electron chi connectivity index (χ0n) is 20.4. The number of aromatic nitrogens is 4. The minimum atomic E-state index is -3.42. The third-order valence-electron chi connectivity index (χ3n) is 6.66. The van der Waals surface area contributed by atoms with Crippen LogP contribution in [0.2, 0.25) is 0 Å². The van der Waals surface area contributed by atoms with Gasteiger partial charge in [0.05, 0.1) is 22.8 Å². The molecule has 4 rings (SSSR count). The fourth-order valence-electron chi connectivity index (χ4n) is 4.45. The van der Waals surface area contributed by atoms with Crippen LogP contribution in [-0.2, 0) is 20.0 Å². The van der Waals surface area contributed by atoms with E-state index in [0.717, 1.165) is 41.3 Å². The number of halogens is 2. The molecular formula is C25H29F2N5O2. The van der Waals surface area contributed by atoms with Crippen molar-refractivity contribution in [1.82, 2.24) is 19.3 Å². The Hall–Kier alpha value is -3.33. The molecule has 4 aromatic rings. The molecule has 0 amide bonds. The molecule has 0 spiro atoms. The highest BCUT2D eigenvalue weighted by Crippen LogP contribution is 2.42. The van der Waals surface area contributed by atoms with E-state index in [4.69, 9.17) is 0 Å². The van der Waals surface area contributed by atoms with Gasteiger partial charge in [-0.1, -0.05) is 18.2 Å². The molecule has 0 bridgehead atoms. The van der Waals surface area contributed by atoms with E-state index in [2.05, 4.69) is 15.5 Å². The Morgan fingerprint density at radius 1 is 1.03 bits per heavy atom. The zero-order valence-corrected chi connectivity index (χ0v) is 20.4. The molecular weight excluding hydrogens is 440 g/mol. The Morgan fingerprint density at radius 2 is 1.62 bits per heavy atom. The van der Waals surface area contributed by atoms with E-state index in [1.54, 1.807) is 42.3 Å². The second kappa shape index (κ2) is 7.87. The summed E-state index contributed by atoms with van der Waals surface area (Å²) < 4.78 is 33.0. The minimum absolute atomic E-state index is 0.132. The highest BCUT2D eigenvalue weighted by molar-refractivity contribution is 6.01. The summed E-state index contributed by atoms with van der Waals surface area (Å²) >= 11 is 0. The van der Waals surface area contributed by atoms with Gasteiger partial charge in [-0.15, -0.1) is 5.10 Å². The van der Waals surface area contributed by atoms with Gasteiger partial charge < -0.3 is 10.4 Å². The van der Waals surface area contributed by atoms with Gasteiger partial charge in [0, 0.05) is 30.4 Å². The number of nitrogens with zero attached hydrogens (tertiary/aromatic N) is 4. The first kappa shape index (κ1) is 23.8. The number of hydrogen-bond acceptors (Lipinski definition) is 5. The molecule has 0 unspecified atom stereocenters. The lowest BCUT2D eigenvalue weighted by atomic mass is 9.87. The van der Waals surface area contributed by atoms with Gasteiger partial charge in [0.15, 0.2) is 5.82 Å². The highest BCUT2D eigenvalue weighted by Gasteiger charge is 2.48. The van der Waals surface area contributed by atoms with Gasteiger partial charge >= 0.3 is 11.6 Å². The molecule has 0 aliphatic carbocycles. The molecule has 0 aliphatic heterocycles. The van der Waals surface area contributed by atoms with E-state index in [1.807, 2.05) is 26.0 Å². The number of aryl methyl sites for hydroxylation is 3. The summed E-state index contributed by atoms with van der Waals surface area (Å²) in [6.07, 6.45) is 0. The number of rotatable bonds is 5. The standard InChI is InChI=1S/C25H29F2N5O2/c1-13-16(9-8-10-19(13)25(26,27)24(4,5)34)14(2)28-22-18-12-21-20(31(6)23(33)32(21)7)11-17(18)15(3)29-30-22/h8-12,14,34H,1-7H3,(H,28,30)/t14-/m1/s1. The third-order valence-corrected chi connectivity index (χ3v) is 6.66. The molecule has 9 heteroatoms. The van der Waals surface area contributed by atoms with E-state index >= 15 is 0 Å². The molecule has 7 nitrogen and oxygen atoms in total. The predicted molar refractivity (Wildman–Crippen MR) is 129 cm³/mol. The third kappa shape index (κ3) is 3.55. The first-order valence-electron chi connectivity index (χ1n) is 11.0. The average molecular weight is 470 g/mol.